The van der Waals surface area contributed by atoms with Gasteiger partial charge in [-0.1, -0.05) is 0 Å². The van der Waals surface area contributed by atoms with Gasteiger partial charge in [-0.15, -0.1) is 0 Å². The number of aromatic nitrogens is 4. The Morgan fingerprint density at radius 2 is 2.22 bits per heavy atom. The Labute approximate surface area is 103 Å². The van der Waals surface area contributed by atoms with Gasteiger partial charge in [0.1, 0.15) is 6.07 Å². The van der Waals surface area contributed by atoms with Crippen LogP contribution in [-0.4, -0.2) is 25.8 Å². The molecular weight excluding hydrogens is 232 g/mol. The summed E-state index contributed by atoms with van der Waals surface area (Å²) < 4.78 is 0. The minimum atomic E-state index is -0.317. The fourth-order valence-corrected chi connectivity index (χ4v) is 1.26. The quantitative estimate of drug-likeness (QED) is 0.831. The van der Waals surface area contributed by atoms with Crippen LogP contribution in [0.1, 0.15) is 12.7 Å². The summed E-state index contributed by atoms with van der Waals surface area (Å²) in [5.74, 6) is -0.0406. The van der Waals surface area contributed by atoms with Crippen LogP contribution in [0.4, 0.5) is 5.95 Å². The Bertz CT molecular complexity index is 619. The number of pyridine rings is 1. The van der Waals surface area contributed by atoms with Gasteiger partial charge >= 0.3 is 0 Å². The van der Waals surface area contributed by atoms with E-state index in [0.717, 1.165) is 0 Å². The van der Waals surface area contributed by atoms with Crippen molar-refractivity contribution in [2.24, 2.45) is 0 Å². The molecule has 0 spiro atoms. The van der Waals surface area contributed by atoms with E-state index in [4.69, 9.17) is 5.26 Å². The summed E-state index contributed by atoms with van der Waals surface area (Å²) in [6, 6.07) is 5.29. The first kappa shape index (κ1) is 11.6. The first-order valence-corrected chi connectivity index (χ1v) is 5.03. The number of nitrogens with zero attached hydrogens (tertiary/aromatic N) is 5. The number of nitrogens with one attached hydrogen (secondary N) is 1. The molecule has 0 bridgehead atoms. The van der Waals surface area contributed by atoms with E-state index in [1.54, 1.807) is 24.5 Å². The molecule has 0 radical (unpaired) electrons. The van der Waals surface area contributed by atoms with Crippen LogP contribution < -0.4 is 5.32 Å². The van der Waals surface area contributed by atoms with Crippen molar-refractivity contribution in [3.8, 4) is 17.5 Å². The third-order valence-electron chi connectivity index (χ3n) is 1.94. The highest BCUT2D eigenvalue weighted by Crippen LogP contribution is 2.14. The lowest BCUT2D eigenvalue weighted by Gasteiger charge is -2.03. The van der Waals surface area contributed by atoms with E-state index in [1.165, 1.54) is 6.92 Å². The van der Waals surface area contributed by atoms with Gasteiger partial charge in [0.2, 0.25) is 17.7 Å². The van der Waals surface area contributed by atoms with Gasteiger partial charge in [-0.2, -0.15) is 20.2 Å². The van der Waals surface area contributed by atoms with Crippen LogP contribution in [0.2, 0.25) is 0 Å². The summed E-state index contributed by atoms with van der Waals surface area (Å²) in [7, 11) is 0. The van der Waals surface area contributed by atoms with E-state index in [0.29, 0.717) is 11.4 Å². The van der Waals surface area contributed by atoms with Crippen molar-refractivity contribution in [1.82, 2.24) is 19.9 Å². The fraction of sp³-hybridized carbons (Fsp3) is 0.0909. The van der Waals surface area contributed by atoms with E-state index in [1.807, 2.05) is 6.07 Å². The van der Waals surface area contributed by atoms with E-state index in [9.17, 15) is 4.79 Å². The van der Waals surface area contributed by atoms with Crippen LogP contribution in [0, 0.1) is 11.3 Å². The topological polar surface area (TPSA) is 104 Å². The summed E-state index contributed by atoms with van der Waals surface area (Å²) in [6.45, 7) is 1.33. The molecule has 18 heavy (non-hydrogen) atoms. The molecule has 0 saturated heterocycles. The van der Waals surface area contributed by atoms with E-state index >= 15 is 0 Å². The Balaban J connectivity index is 2.48. The van der Waals surface area contributed by atoms with Crippen LogP contribution in [0.25, 0.3) is 11.4 Å². The van der Waals surface area contributed by atoms with Crippen molar-refractivity contribution < 1.29 is 4.79 Å². The second kappa shape index (κ2) is 4.97. The van der Waals surface area contributed by atoms with Crippen molar-refractivity contribution in [1.29, 1.82) is 5.26 Å². The minimum absolute atomic E-state index is 0.0490. The van der Waals surface area contributed by atoms with Gasteiger partial charge in [0.05, 0.1) is 0 Å². The molecule has 0 aliphatic rings. The fourth-order valence-electron chi connectivity index (χ4n) is 1.26. The van der Waals surface area contributed by atoms with E-state index < -0.39 is 0 Å². The summed E-state index contributed by atoms with van der Waals surface area (Å²) >= 11 is 0. The summed E-state index contributed by atoms with van der Waals surface area (Å²) in [5, 5.41) is 11.3. The second-order valence-electron chi connectivity index (χ2n) is 3.34. The highest BCUT2D eigenvalue weighted by molar-refractivity contribution is 5.86. The van der Waals surface area contributed by atoms with Gasteiger partial charge in [-0.3, -0.25) is 15.1 Å². The zero-order valence-electron chi connectivity index (χ0n) is 9.45. The number of carbonyl (C=O) groups excluding carboxylic acids is 1. The molecule has 2 aromatic heterocycles. The molecule has 0 aliphatic carbocycles. The van der Waals surface area contributed by atoms with Crippen LogP contribution in [0.3, 0.4) is 0 Å². The number of nitriles is 1. The van der Waals surface area contributed by atoms with E-state index in [2.05, 4.69) is 25.3 Å². The Kier molecular flexibility index (Phi) is 3.20. The monoisotopic (exact) mass is 240 g/mol. The zero-order valence-corrected chi connectivity index (χ0v) is 9.45. The molecule has 0 aliphatic heterocycles. The maximum absolute atomic E-state index is 11.0. The molecule has 2 rings (SSSR count). The third-order valence-corrected chi connectivity index (χ3v) is 1.94. The second-order valence-corrected chi connectivity index (χ2v) is 3.34. The van der Waals surface area contributed by atoms with Crippen LogP contribution in [0.5, 0.6) is 0 Å². The molecule has 0 fully saturated rings. The van der Waals surface area contributed by atoms with Crippen molar-refractivity contribution >= 4 is 11.9 Å². The number of hydrogen-bond donors (Lipinski definition) is 1. The maximum Gasteiger partial charge on any atom is 0.237 e. The van der Waals surface area contributed by atoms with Gasteiger partial charge in [0.25, 0.3) is 0 Å². The van der Waals surface area contributed by atoms with Gasteiger partial charge in [0, 0.05) is 24.9 Å². The lowest BCUT2D eigenvalue weighted by atomic mass is 10.3. The van der Waals surface area contributed by atoms with E-state index in [-0.39, 0.29) is 17.7 Å². The molecule has 1 amide bonds. The Morgan fingerprint density at radius 3 is 2.83 bits per heavy atom. The molecule has 2 heterocycles. The molecule has 1 N–H and O–H groups in total. The first-order valence-electron chi connectivity index (χ1n) is 5.03. The Hall–Kier alpha value is -2.88. The smallest absolute Gasteiger partial charge is 0.237 e. The van der Waals surface area contributed by atoms with Crippen molar-refractivity contribution in [3.05, 3.63) is 30.4 Å². The highest BCUT2D eigenvalue weighted by atomic mass is 16.1. The average Bonchev–Trinajstić information content (AvgIpc) is 2.38. The number of amides is 1. The van der Waals surface area contributed by atoms with Gasteiger partial charge < -0.3 is 0 Å². The van der Waals surface area contributed by atoms with Gasteiger partial charge in [-0.25, -0.2) is 0 Å². The average molecular weight is 240 g/mol. The molecular formula is C11H8N6O. The molecule has 88 valence electrons. The third kappa shape index (κ3) is 2.62. The lowest BCUT2D eigenvalue weighted by Crippen LogP contribution is -2.11. The first-order chi connectivity index (χ1) is 8.69. The molecule has 7 heteroatoms. The molecule has 0 unspecified atom stereocenters. The van der Waals surface area contributed by atoms with Crippen molar-refractivity contribution in [2.75, 3.05) is 5.32 Å². The predicted molar refractivity (Wildman–Crippen MR) is 62.1 cm³/mol. The number of rotatable bonds is 2. The summed E-state index contributed by atoms with van der Waals surface area (Å²) in [5.41, 5.74) is 0.642. The van der Waals surface area contributed by atoms with Crippen LogP contribution >= 0.6 is 0 Å². The molecule has 7 nitrogen and oxygen atoms in total. The van der Waals surface area contributed by atoms with Crippen LogP contribution in [0.15, 0.2) is 24.5 Å². The Morgan fingerprint density at radius 1 is 1.39 bits per heavy atom. The van der Waals surface area contributed by atoms with Crippen molar-refractivity contribution in [2.45, 2.75) is 6.92 Å². The zero-order chi connectivity index (χ0) is 13.0. The highest BCUT2D eigenvalue weighted by Gasteiger charge is 2.09. The van der Waals surface area contributed by atoms with Crippen LogP contribution in [-0.2, 0) is 4.79 Å². The standard InChI is InChI=1S/C11H8N6O/c1-7(18)14-11-16-9(5-12)15-10(17-11)8-3-2-4-13-6-8/h2-4,6H,1H3,(H,14,15,16,17,18). The number of carbonyl (C=O) groups is 1. The summed E-state index contributed by atoms with van der Waals surface area (Å²) in [6.07, 6.45) is 3.18. The summed E-state index contributed by atoms with van der Waals surface area (Å²) in [4.78, 5) is 26.7. The van der Waals surface area contributed by atoms with Gasteiger partial charge in [0.15, 0.2) is 5.82 Å². The maximum atomic E-state index is 11.0. The molecule has 0 saturated carbocycles. The van der Waals surface area contributed by atoms with Crippen molar-refractivity contribution in [3.63, 3.8) is 0 Å². The molecule has 0 atom stereocenters. The lowest BCUT2D eigenvalue weighted by molar-refractivity contribution is -0.114. The molecule has 2 aromatic rings. The number of hydrogen-bond acceptors (Lipinski definition) is 6. The normalized spacial score (nSPS) is 9.56. The SMILES string of the molecule is CC(=O)Nc1nc(C#N)nc(-c2cccnc2)n1. The minimum Gasteiger partial charge on any atom is -0.295 e. The predicted octanol–water partition coefficient (Wildman–Crippen LogP) is 0.764. The van der Waals surface area contributed by atoms with Gasteiger partial charge in [-0.05, 0) is 12.1 Å². The largest absolute Gasteiger partial charge is 0.295 e. The number of anilines is 1. The molecule has 0 aromatic carbocycles.